The van der Waals surface area contributed by atoms with Crippen LogP contribution in [0.2, 0.25) is 5.02 Å². The topological polar surface area (TPSA) is 70.2 Å². The minimum absolute atomic E-state index is 0.0525. The number of benzene rings is 1. The van der Waals surface area contributed by atoms with E-state index < -0.39 is 5.91 Å². The largest absolute Gasteiger partial charge is 0.302 e. The Labute approximate surface area is 148 Å². The summed E-state index contributed by atoms with van der Waals surface area (Å²) < 4.78 is 0.929. The van der Waals surface area contributed by atoms with Crippen molar-refractivity contribution in [2.75, 3.05) is 0 Å². The smallest absolute Gasteiger partial charge is 0.281 e. The highest BCUT2D eigenvalue weighted by Gasteiger charge is 2.17. The summed E-state index contributed by atoms with van der Waals surface area (Å²) >= 11 is 12.5. The molecule has 0 spiro atoms. The summed E-state index contributed by atoms with van der Waals surface area (Å²) in [5.41, 5.74) is 4.95. The zero-order chi connectivity index (χ0) is 16.8. The highest BCUT2D eigenvalue weighted by atomic mass is 35.5. The molecular weight excluding hydrogens is 354 g/mol. The van der Waals surface area contributed by atoms with Gasteiger partial charge in [0.2, 0.25) is 5.91 Å². The molecule has 8 heteroatoms. The number of halogens is 1. The Kier molecular flexibility index (Phi) is 6.32. The van der Waals surface area contributed by atoms with Crippen LogP contribution in [0.4, 0.5) is 0 Å². The monoisotopic (exact) mass is 369 g/mol. The van der Waals surface area contributed by atoms with E-state index in [1.807, 2.05) is 31.2 Å². The molecule has 0 unspecified atom stereocenters. The van der Waals surface area contributed by atoms with E-state index in [0.717, 1.165) is 22.9 Å². The molecule has 0 saturated carbocycles. The van der Waals surface area contributed by atoms with Gasteiger partial charge in [-0.05, 0) is 24.7 Å². The second kappa shape index (κ2) is 8.24. The molecule has 0 aliphatic carbocycles. The van der Waals surface area contributed by atoms with Gasteiger partial charge in [0, 0.05) is 16.5 Å². The van der Waals surface area contributed by atoms with Gasteiger partial charge in [-0.1, -0.05) is 43.1 Å². The Hall–Kier alpha value is -1.70. The number of rotatable bonds is 4. The van der Waals surface area contributed by atoms with Crippen LogP contribution in [0.15, 0.2) is 24.3 Å². The molecule has 0 atom stereocenters. The molecule has 1 aromatic carbocycles. The molecule has 2 aromatic rings. The van der Waals surface area contributed by atoms with E-state index in [0.29, 0.717) is 16.3 Å². The van der Waals surface area contributed by atoms with Crippen LogP contribution in [0.3, 0.4) is 0 Å². The van der Waals surface area contributed by atoms with Gasteiger partial charge in [-0.25, -0.2) is 0 Å². The van der Waals surface area contributed by atoms with Gasteiger partial charge >= 0.3 is 0 Å². The maximum absolute atomic E-state index is 12.2. The summed E-state index contributed by atoms with van der Waals surface area (Å²) in [6, 6.07) is 7.50. The van der Waals surface area contributed by atoms with Crippen LogP contribution in [0, 0.1) is 0 Å². The van der Waals surface area contributed by atoms with Gasteiger partial charge in [-0.15, -0.1) is 11.3 Å². The van der Waals surface area contributed by atoms with Crippen LogP contribution >= 0.6 is 35.2 Å². The van der Waals surface area contributed by atoms with Crippen molar-refractivity contribution in [3.05, 3.63) is 34.2 Å². The maximum Gasteiger partial charge on any atom is 0.281 e. The van der Waals surface area contributed by atoms with Crippen LogP contribution in [0.25, 0.3) is 10.1 Å². The van der Waals surface area contributed by atoms with Crippen LogP contribution in [-0.4, -0.2) is 16.9 Å². The fourth-order valence-electron chi connectivity index (χ4n) is 1.89. The third-order valence-electron chi connectivity index (χ3n) is 3.04. The zero-order valence-electron chi connectivity index (χ0n) is 12.4. The predicted molar refractivity (Wildman–Crippen MR) is 97.7 cm³/mol. The first-order valence-electron chi connectivity index (χ1n) is 7.10. The van der Waals surface area contributed by atoms with Crippen molar-refractivity contribution >= 4 is 62.2 Å². The van der Waals surface area contributed by atoms with E-state index in [1.54, 1.807) is 0 Å². The number of amides is 2. The van der Waals surface area contributed by atoms with Crippen molar-refractivity contribution in [1.29, 1.82) is 0 Å². The number of fused-ring (bicyclic) bond motifs is 1. The van der Waals surface area contributed by atoms with Crippen molar-refractivity contribution in [2.45, 2.75) is 26.2 Å². The highest BCUT2D eigenvalue weighted by molar-refractivity contribution is 7.80. The molecule has 23 heavy (non-hydrogen) atoms. The minimum atomic E-state index is -0.402. The van der Waals surface area contributed by atoms with E-state index >= 15 is 0 Å². The average molecular weight is 370 g/mol. The van der Waals surface area contributed by atoms with E-state index in [1.165, 1.54) is 11.3 Å². The van der Waals surface area contributed by atoms with Crippen LogP contribution in [0.1, 0.15) is 35.9 Å². The Morgan fingerprint density at radius 1 is 1.26 bits per heavy atom. The SMILES string of the molecule is CCCCC(=O)NC(=S)NNC(=O)c1sc2ccccc2c1Cl. The van der Waals surface area contributed by atoms with E-state index in [2.05, 4.69) is 16.2 Å². The number of thiophene rings is 1. The molecule has 0 saturated heterocycles. The van der Waals surface area contributed by atoms with Crippen molar-refractivity contribution in [1.82, 2.24) is 16.2 Å². The van der Waals surface area contributed by atoms with Crippen LogP contribution in [0.5, 0.6) is 0 Å². The second-order valence-electron chi connectivity index (χ2n) is 4.80. The fourth-order valence-corrected chi connectivity index (χ4v) is 3.47. The molecule has 122 valence electrons. The van der Waals surface area contributed by atoms with Gasteiger partial charge in [-0.3, -0.25) is 20.4 Å². The number of carbonyl (C=O) groups excluding carboxylic acids is 2. The molecule has 5 nitrogen and oxygen atoms in total. The Morgan fingerprint density at radius 3 is 2.70 bits per heavy atom. The summed E-state index contributed by atoms with van der Waals surface area (Å²) in [6.45, 7) is 2.00. The molecule has 2 rings (SSSR count). The van der Waals surface area contributed by atoms with E-state index in [-0.39, 0.29) is 11.0 Å². The second-order valence-corrected chi connectivity index (χ2v) is 6.64. The van der Waals surface area contributed by atoms with Crippen molar-refractivity contribution < 1.29 is 9.59 Å². The molecule has 0 aliphatic heterocycles. The number of nitrogens with one attached hydrogen (secondary N) is 3. The first-order chi connectivity index (χ1) is 11.0. The number of hydrogen-bond donors (Lipinski definition) is 3. The quantitative estimate of drug-likeness (QED) is 0.570. The lowest BCUT2D eigenvalue weighted by Crippen LogP contribution is -2.48. The normalized spacial score (nSPS) is 10.3. The lowest BCUT2D eigenvalue weighted by Gasteiger charge is -2.10. The van der Waals surface area contributed by atoms with E-state index in [9.17, 15) is 9.59 Å². The first kappa shape index (κ1) is 17.7. The molecule has 0 radical (unpaired) electrons. The lowest BCUT2D eigenvalue weighted by atomic mass is 10.2. The van der Waals surface area contributed by atoms with Gasteiger partial charge in [0.1, 0.15) is 4.88 Å². The van der Waals surface area contributed by atoms with Gasteiger partial charge in [0.15, 0.2) is 5.11 Å². The summed E-state index contributed by atoms with van der Waals surface area (Å²) in [7, 11) is 0. The van der Waals surface area contributed by atoms with E-state index in [4.69, 9.17) is 23.8 Å². The van der Waals surface area contributed by atoms with Crippen molar-refractivity contribution in [3.63, 3.8) is 0 Å². The minimum Gasteiger partial charge on any atom is -0.302 e. The predicted octanol–water partition coefficient (Wildman–Crippen LogP) is 3.38. The van der Waals surface area contributed by atoms with Gasteiger partial charge in [0.25, 0.3) is 5.91 Å². The summed E-state index contributed by atoms with van der Waals surface area (Å²) in [5.74, 6) is -0.583. The molecule has 0 aliphatic rings. The van der Waals surface area contributed by atoms with Gasteiger partial charge in [0.05, 0.1) is 5.02 Å². The molecule has 0 bridgehead atoms. The summed E-state index contributed by atoms with van der Waals surface area (Å²) in [5, 5.41) is 3.79. The van der Waals surface area contributed by atoms with Crippen LogP contribution in [-0.2, 0) is 4.79 Å². The third-order valence-corrected chi connectivity index (χ3v) is 4.92. The molecule has 0 fully saturated rings. The number of thiocarbonyl (C=S) groups is 1. The number of hydrogen-bond acceptors (Lipinski definition) is 4. The third kappa shape index (κ3) is 4.63. The molecule has 1 aromatic heterocycles. The van der Waals surface area contributed by atoms with Crippen molar-refractivity contribution in [3.8, 4) is 0 Å². The number of unbranched alkanes of at least 4 members (excludes halogenated alkanes) is 1. The Morgan fingerprint density at radius 2 is 2.00 bits per heavy atom. The molecule has 3 N–H and O–H groups in total. The summed E-state index contributed by atoms with van der Waals surface area (Å²) in [6.07, 6.45) is 2.11. The lowest BCUT2D eigenvalue weighted by molar-refractivity contribution is -0.119. The fraction of sp³-hybridized carbons (Fsp3) is 0.267. The van der Waals surface area contributed by atoms with Crippen molar-refractivity contribution in [2.24, 2.45) is 0 Å². The average Bonchev–Trinajstić information content (AvgIpc) is 2.88. The molecular formula is C15H16ClN3O2S2. The first-order valence-corrected chi connectivity index (χ1v) is 8.70. The Balaban J connectivity index is 1.92. The highest BCUT2D eigenvalue weighted by Crippen LogP contribution is 2.34. The zero-order valence-corrected chi connectivity index (χ0v) is 14.8. The Bertz CT molecular complexity index is 745. The molecule has 1 heterocycles. The standard InChI is InChI=1S/C15H16ClN3O2S2/c1-2-3-8-11(20)17-15(22)19-18-14(21)13-12(16)9-6-4-5-7-10(9)23-13/h4-7H,2-3,8H2,1H3,(H,18,21)(H2,17,19,20,22). The molecule has 2 amide bonds. The summed E-state index contributed by atoms with van der Waals surface area (Å²) in [4.78, 5) is 24.1. The maximum atomic E-state index is 12.2. The van der Waals surface area contributed by atoms with Crippen LogP contribution < -0.4 is 16.2 Å². The van der Waals surface area contributed by atoms with Gasteiger partial charge in [-0.2, -0.15) is 0 Å². The number of hydrazine groups is 1. The van der Waals surface area contributed by atoms with Gasteiger partial charge < -0.3 is 5.32 Å². The number of carbonyl (C=O) groups is 2.